The van der Waals surface area contributed by atoms with Gasteiger partial charge in [-0.05, 0) is 6.92 Å². The Morgan fingerprint density at radius 3 is 2.69 bits per heavy atom. The molecule has 0 spiro atoms. The van der Waals surface area contributed by atoms with Gasteiger partial charge in [-0.25, -0.2) is 4.79 Å². The molecule has 1 aromatic rings. The summed E-state index contributed by atoms with van der Waals surface area (Å²) in [6.07, 6.45) is 0. The zero-order valence-corrected chi connectivity index (χ0v) is 7.29. The molecule has 72 valence electrons. The Balaban J connectivity index is 3.07. The van der Waals surface area contributed by atoms with Crippen molar-refractivity contribution in [2.75, 3.05) is 7.11 Å². The smallest absolute Gasteiger partial charge is 0.327 e. The monoisotopic (exact) mass is 186 g/mol. The van der Waals surface area contributed by atoms with Gasteiger partial charge in [0, 0.05) is 0 Å². The van der Waals surface area contributed by atoms with Gasteiger partial charge in [0.15, 0.2) is 0 Å². The van der Waals surface area contributed by atoms with Crippen molar-refractivity contribution in [1.29, 1.82) is 0 Å². The fraction of sp³-hybridized carbons (Fsp3) is 0.429. The summed E-state index contributed by atoms with van der Waals surface area (Å²) in [7, 11) is 1.20. The Hall–Kier alpha value is -1.56. The average Bonchev–Trinajstić information content (AvgIpc) is 2.44. The number of esters is 1. The maximum absolute atomic E-state index is 11.1. The molecule has 1 rings (SSSR count). The third-order valence-electron chi connectivity index (χ3n) is 1.69. The summed E-state index contributed by atoms with van der Waals surface area (Å²) in [6, 6.07) is -1.09. The fourth-order valence-corrected chi connectivity index (χ4v) is 0.998. The molecule has 1 aromatic heterocycles. The maximum Gasteiger partial charge on any atom is 0.327 e. The number of carbonyl (C=O) groups is 1. The summed E-state index contributed by atoms with van der Waals surface area (Å²) in [6.45, 7) is 1.54. The summed E-state index contributed by atoms with van der Waals surface area (Å²) >= 11 is 0. The van der Waals surface area contributed by atoms with Gasteiger partial charge in [0.05, 0.1) is 12.7 Å². The van der Waals surface area contributed by atoms with E-state index in [0.29, 0.717) is 5.76 Å². The zero-order valence-electron chi connectivity index (χ0n) is 7.29. The number of carbonyl (C=O) groups excluding carboxylic acids is 1. The number of aromatic amines is 1. The molecule has 0 bridgehead atoms. The minimum Gasteiger partial charge on any atom is -0.468 e. The maximum atomic E-state index is 11.1. The molecule has 0 saturated carbocycles. The summed E-state index contributed by atoms with van der Waals surface area (Å²) in [5, 5.41) is 2.08. The number of nitrogens with one attached hydrogen (secondary N) is 1. The van der Waals surface area contributed by atoms with Crippen molar-refractivity contribution in [3.8, 4) is 0 Å². The number of H-pyrrole nitrogens is 1. The van der Waals surface area contributed by atoms with Gasteiger partial charge >= 0.3 is 5.97 Å². The van der Waals surface area contributed by atoms with Gasteiger partial charge in [-0.15, -0.1) is 0 Å². The molecule has 0 amide bonds. The molecule has 3 N–H and O–H groups in total. The first-order valence-electron chi connectivity index (χ1n) is 3.59. The van der Waals surface area contributed by atoms with Gasteiger partial charge in [0.25, 0.3) is 5.56 Å². The molecule has 0 aliphatic carbocycles. The topological polar surface area (TPSA) is 98.3 Å². The van der Waals surface area contributed by atoms with Crippen LogP contribution in [0.5, 0.6) is 0 Å². The van der Waals surface area contributed by atoms with E-state index in [1.165, 1.54) is 14.0 Å². The molecule has 0 fully saturated rings. The van der Waals surface area contributed by atoms with Crippen LogP contribution in [-0.4, -0.2) is 18.2 Å². The third kappa shape index (κ3) is 1.62. The standard InChI is InChI=1S/C7H10N2O4/c1-3-4(6(10)9-13-3)5(8)7(11)12-2/h5H,8H2,1-2H3,(H,9,10)/t5-/m1/s1. The van der Waals surface area contributed by atoms with Crippen molar-refractivity contribution < 1.29 is 14.1 Å². The number of aryl methyl sites for hydroxylation is 1. The molecule has 6 heteroatoms. The quantitative estimate of drug-likeness (QED) is 0.604. The van der Waals surface area contributed by atoms with Crippen molar-refractivity contribution in [3.05, 3.63) is 21.7 Å². The predicted octanol–water partition coefficient (Wildman–Crippen LogP) is -0.551. The normalized spacial score (nSPS) is 12.5. The second-order valence-corrected chi connectivity index (χ2v) is 2.50. The van der Waals surface area contributed by atoms with Crippen molar-refractivity contribution in [1.82, 2.24) is 5.16 Å². The second-order valence-electron chi connectivity index (χ2n) is 2.50. The van der Waals surface area contributed by atoms with Crippen LogP contribution in [0.4, 0.5) is 0 Å². The Bertz CT molecular complexity index is 365. The average molecular weight is 186 g/mol. The highest BCUT2D eigenvalue weighted by Crippen LogP contribution is 2.11. The molecule has 0 unspecified atom stereocenters. The van der Waals surface area contributed by atoms with Crippen LogP contribution in [0, 0.1) is 6.92 Å². The highest BCUT2D eigenvalue weighted by molar-refractivity contribution is 5.77. The lowest BCUT2D eigenvalue weighted by molar-refractivity contribution is -0.142. The number of methoxy groups -OCH3 is 1. The summed E-state index contributed by atoms with van der Waals surface area (Å²) in [5.41, 5.74) is 5.04. The Kier molecular flexibility index (Phi) is 2.52. The lowest BCUT2D eigenvalue weighted by Gasteiger charge is -2.05. The molecular weight excluding hydrogens is 176 g/mol. The highest BCUT2D eigenvalue weighted by atomic mass is 16.5. The molecule has 0 saturated heterocycles. The van der Waals surface area contributed by atoms with Gasteiger partial charge in [0.2, 0.25) is 0 Å². The van der Waals surface area contributed by atoms with Crippen LogP contribution in [0.2, 0.25) is 0 Å². The van der Waals surface area contributed by atoms with Gasteiger partial charge in [-0.3, -0.25) is 4.79 Å². The van der Waals surface area contributed by atoms with Gasteiger partial charge in [-0.2, -0.15) is 5.16 Å². The van der Waals surface area contributed by atoms with Crippen LogP contribution in [-0.2, 0) is 9.53 Å². The van der Waals surface area contributed by atoms with E-state index in [4.69, 9.17) is 5.73 Å². The number of aromatic nitrogens is 1. The Labute approximate surface area is 73.6 Å². The van der Waals surface area contributed by atoms with E-state index in [9.17, 15) is 9.59 Å². The second kappa shape index (κ2) is 3.44. The highest BCUT2D eigenvalue weighted by Gasteiger charge is 2.24. The number of nitrogens with two attached hydrogens (primary N) is 1. The first kappa shape index (κ1) is 9.53. The van der Waals surface area contributed by atoms with Crippen LogP contribution < -0.4 is 11.3 Å². The van der Waals surface area contributed by atoms with E-state index < -0.39 is 17.6 Å². The largest absolute Gasteiger partial charge is 0.468 e. The Morgan fingerprint density at radius 2 is 2.31 bits per heavy atom. The molecule has 0 radical (unpaired) electrons. The van der Waals surface area contributed by atoms with Crippen LogP contribution in [0.25, 0.3) is 0 Å². The van der Waals surface area contributed by atoms with Crippen LogP contribution in [0.15, 0.2) is 9.32 Å². The van der Waals surface area contributed by atoms with E-state index in [1.54, 1.807) is 0 Å². The third-order valence-corrected chi connectivity index (χ3v) is 1.69. The molecule has 0 aliphatic rings. The lowest BCUT2D eigenvalue weighted by atomic mass is 10.1. The number of hydrogen-bond donors (Lipinski definition) is 2. The predicted molar refractivity (Wildman–Crippen MR) is 43.0 cm³/mol. The van der Waals surface area contributed by atoms with Gasteiger partial charge in [0.1, 0.15) is 11.8 Å². The molecule has 6 nitrogen and oxygen atoms in total. The van der Waals surface area contributed by atoms with E-state index in [1.807, 2.05) is 0 Å². The Morgan fingerprint density at radius 1 is 1.69 bits per heavy atom. The molecular formula is C7H10N2O4. The zero-order chi connectivity index (χ0) is 10.0. The van der Waals surface area contributed by atoms with Gasteiger partial charge in [-0.1, -0.05) is 0 Å². The minimum atomic E-state index is -1.09. The SMILES string of the molecule is COC(=O)[C@H](N)c1c(C)o[nH]c1=O. The molecule has 0 aliphatic heterocycles. The fourth-order valence-electron chi connectivity index (χ4n) is 0.998. The van der Waals surface area contributed by atoms with Crippen molar-refractivity contribution in [3.63, 3.8) is 0 Å². The molecule has 0 aromatic carbocycles. The molecule has 13 heavy (non-hydrogen) atoms. The van der Waals surface area contributed by atoms with Crippen LogP contribution in [0.3, 0.4) is 0 Å². The first-order valence-corrected chi connectivity index (χ1v) is 3.59. The van der Waals surface area contributed by atoms with Crippen LogP contribution >= 0.6 is 0 Å². The summed E-state index contributed by atoms with van der Waals surface area (Å²) in [5.74, 6) is -0.377. The van der Waals surface area contributed by atoms with E-state index in [-0.39, 0.29) is 5.56 Å². The van der Waals surface area contributed by atoms with Crippen molar-refractivity contribution in [2.45, 2.75) is 13.0 Å². The first-order chi connectivity index (χ1) is 6.07. The molecule has 1 heterocycles. The van der Waals surface area contributed by atoms with E-state index in [0.717, 1.165) is 0 Å². The molecule has 1 atom stereocenters. The van der Waals surface area contributed by atoms with Crippen molar-refractivity contribution in [2.24, 2.45) is 5.73 Å². The van der Waals surface area contributed by atoms with Crippen LogP contribution in [0.1, 0.15) is 17.4 Å². The lowest BCUT2D eigenvalue weighted by Crippen LogP contribution is -2.27. The number of hydrogen-bond acceptors (Lipinski definition) is 5. The van der Waals surface area contributed by atoms with E-state index >= 15 is 0 Å². The number of ether oxygens (including phenoxy) is 1. The minimum absolute atomic E-state index is 0.104. The summed E-state index contributed by atoms with van der Waals surface area (Å²) in [4.78, 5) is 22.0. The number of rotatable bonds is 2. The van der Waals surface area contributed by atoms with E-state index in [2.05, 4.69) is 14.4 Å². The van der Waals surface area contributed by atoms with Gasteiger partial charge < -0.3 is 15.0 Å². The summed E-state index contributed by atoms with van der Waals surface area (Å²) < 4.78 is 9.07. The van der Waals surface area contributed by atoms with Crippen molar-refractivity contribution >= 4 is 5.97 Å².